The maximum absolute atomic E-state index is 12.4. The number of halogens is 4. The van der Waals surface area contributed by atoms with Crippen molar-refractivity contribution in [3.63, 3.8) is 0 Å². The third kappa shape index (κ3) is 4.52. The molecule has 0 bridgehead atoms. The number of ether oxygens (including phenoxy) is 1. The van der Waals surface area contributed by atoms with Gasteiger partial charge in [-0.15, -0.1) is 0 Å². The summed E-state index contributed by atoms with van der Waals surface area (Å²) in [6, 6.07) is 5.33. The van der Waals surface area contributed by atoms with Crippen molar-refractivity contribution in [3.8, 4) is 5.75 Å². The van der Waals surface area contributed by atoms with Crippen molar-refractivity contribution in [1.29, 1.82) is 0 Å². The minimum Gasteiger partial charge on any atom is -0.481 e. The zero-order chi connectivity index (χ0) is 13.1. The SMILES string of the molecule is O=C(O)CC(Oc1cccc(Cl)c1)C(F)(F)F. The highest BCUT2D eigenvalue weighted by atomic mass is 35.5. The fourth-order valence-corrected chi connectivity index (χ4v) is 1.27. The highest BCUT2D eigenvalue weighted by Crippen LogP contribution is 2.28. The molecule has 0 amide bonds. The molecular formula is C10H8ClF3O3. The second kappa shape index (κ2) is 5.27. The van der Waals surface area contributed by atoms with Gasteiger partial charge in [0.05, 0.1) is 6.42 Å². The Morgan fingerprint density at radius 3 is 2.59 bits per heavy atom. The lowest BCUT2D eigenvalue weighted by Crippen LogP contribution is -2.36. The lowest BCUT2D eigenvalue weighted by atomic mass is 10.2. The number of carboxylic acids is 1. The van der Waals surface area contributed by atoms with Gasteiger partial charge in [0, 0.05) is 5.02 Å². The number of benzene rings is 1. The van der Waals surface area contributed by atoms with E-state index in [1.807, 2.05) is 0 Å². The molecule has 7 heteroatoms. The second-order valence-corrected chi connectivity index (χ2v) is 3.64. The molecule has 94 valence electrons. The summed E-state index contributed by atoms with van der Waals surface area (Å²) in [7, 11) is 0. The molecule has 0 fully saturated rings. The van der Waals surface area contributed by atoms with Gasteiger partial charge in [-0.25, -0.2) is 0 Å². The monoisotopic (exact) mass is 268 g/mol. The van der Waals surface area contributed by atoms with Crippen molar-refractivity contribution in [2.75, 3.05) is 0 Å². The lowest BCUT2D eigenvalue weighted by molar-refractivity contribution is -0.200. The Morgan fingerprint density at radius 2 is 2.12 bits per heavy atom. The summed E-state index contributed by atoms with van der Waals surface area (Å²) in [6.45, 7) is 0. The van der Waals surface area contributed by atoms with Crippen LogP contribution in [0, 0.1) is 0 Å². The first-order chi connectivity index (χ1) is 7.79. The number of hydrogen-bond acceptors (Lipinski definition) is 2. The summed E-state index contributed by atoms with van der Waals surface area (Å²) in [6.07, 6.45) is -8.30. The Hall–Kier alpha value is -1.43. The van der Waals surface area contributed by atoms with Crippen LogP contribution in [0.2, 0.25) is 5.02 Å². The molecule has 0 spiro atoms. The van der Waals surface area contributed by atoms with Crippen molar-refractivity contribution in [2.45, 2.75) is 18.7 Å². The van der Waals surface area contributed by atoms with Gasteiger partial charge in [-0.3, -0.25) is 4.79 Å². The molecule has 1 aromatic carbocycles. The average molecular weight is 269 g/mol. The molecule has 0 heterocycles. The third-order valence-corrected chi connectivity index (χ3v) is 2.03. The maximum atomic E-state index is 12.4. The van der Waals surface area contributed by atoms with Gasteiger partial charge in [-0.05, 0) is 18.2 Å². The molecular weight excluding hydrogens is 261 g/mol. The van der Waals surface area contributed by atoms with Crippen LogP contribution in [0.25, 0.3) is 0 Å². The lowest BCUT2D eigenvalue weighted by Gasteiger charge is -2.20. The van der Waals surface area contributed by atoms with Gasteiger partial charge in [0.1, 0.15) is 5.75 Å². The first kappa shape index (κ1) is 13.6. The molecule has 1 N–H and O–H groups in total. The van der Waals surface area contributed by atoms with Crippen molar-refractivity contribution < 1.29 is 27.8 Å². The Labute approximate surface area is 99.8 Å². The molecule has 0 saturated carbocycles. The highest BCUT2D eigenvalue weighted by molar-refractivity contribution is 6.30. The van der Waals surface area contributed by atoms with Crippen LogP contribution in [0.3, 0.4) is 0 Å². The van der Waals surface area contributed by atoms with E-state index in [4.69, 9.17) is 16.7 Å². The number of aliphatic carboxylic acids is 1. The van der Waals surface area contributed by atoms with Crippen LogP contribution in [0.5, 0.6) is 5.75 Å². The zero-order valence-electron chi connectivity index (χ0n) is 8.37. The van der Waals surface area contributed by atoms with E-state index in [-0.39, 0.29) is 10.8 Å². The summed E-state index contributed by atoms with van der Waals surface area (Å²) >= 11 is 5.57. The molecule has 3 nitrogen and oxygen atoms in total. The predicted octanol–water partition coefficient (Wildman–Crippen LogP) is 3.12. The minimum absolute atomic E-state index is 0.124. The number of carbonyl (C=O) groups is 1. The summed E-state index contributed by atoms with van der Waals surface area (Å²) in [5.74, 6) is -1.71. The van der Waals surface area contributed by atoms with Crippen LogP contribution < -0.4 is 4.74 Å². The van der Waals surface area contributed by atoms with Crippen molar-refractivity contribution in [3.05, 3.63) is 29.3 Å². The van der Waals surface area contributed by atoms with Crippen molar-refractivity contribution in [1.82, 2.24) is 0 Å². The maximum Gasteiger partial charge on any atom is 0.425 e. The van der Waals surface area contributed by atoms with Crippen LogP contribution in [0.15, 0.2) is 24.3 Å². The van der Waals surface area contributed by atoms with Gasteiger partial charge < -0.3 is 9.84 Å². The normalized spacial score (nSPS) is 13.2. The van der Waals surface area contributed by atoms with Crippen LogP contribution >= 0.6 is 11.6 Å². The van der Waals surface area contributed by atoms with E-state index < -0.39 is 24.7 Å². The van der Waals surface area contributed by atoms with Gasteiger partial charge >= 0.3 is 12.1 Å². The molecule has 0 aliphatic heterocycles. The van der Waals surface area contributed by atoms with E-state index in [2.05, 4.69) is 4.74 Å². The largest absolute Gasteiger partial charge is 0.481 e. The van der Waals surface area contributed by atoms with Gasteiger partial charge in [-0.2, -0.15) is 13.2 Å². The Kier molecular flexibility index (Phi) is 4.22. The van der Waals surface area contributed by atoms with Crippen LogP contribution in [-0.2, 0) is 4.79 Å². The predicted molar refractivity (Wildman–Crippen MR) is 54.2 cm³/mol. The molecule has 1 aromatic rings. The standard InChI is InChI=1S/C10H8ClF3O3/c11-6-2-1-3-7(4-6)17-8(5-9(15)16)10(12,13)14/h1-4,8H,5H2,(H,15,16). The summed E-state index contributed by atoms with van der Waals surface area (Å²) in [5, 5.41) is 8.58. The highest BCUT2D eigenvalue weighted by Gasteiger charge is 2.43. The molecule has 0 radical (unpaired) electrons. The van der Waals surface area contributed by atoms with E-state index in [9.17, 15) is 18.0 Å². The van der Waals surface area contributed by atoms with Crippen LogP contribution in [0.1, 0.15) is 6.42 Å². The number of rotatable bonds is 4. The Balaban J connectivity index is 2.83. The van der Waals surface area contributed by atoms with E-state index >= 15 is 0 Å². The first-order valence-electron chi connectivity index (χ1n) is 4.50. The van der Waals surface area contributed by atoms with Gasteiger partial charge in [-0.1, -0.05) is 17.7 Å². The third-order valence-electron chi connectivity index (χ3n) is 1.80. The number of hydrogen-bond donors (Lipinski definition) is 1. The molecule has 0 saturated heterocycles. The first-order valence-corrected chi connectivity index (χ1v) is 4.87. The van der Waals surface area contributed by atoms with Crippen molar-refractivity contribution >= 4 is 17.6 Å². The molecule has 0 aliphatic rings. The number of alkyl halides is 3. The minimum atomic E-state index is -4.75. The van der Waals surface area contributed by atoms with E-state index in [1.54, 1.807) is 0 Å². The van der Waals surface area contributed by atoms with Crippen LogP contribution in [0.4, 0.5) is 13.2 Å². The van der Waals surface area contributed by atoms with E-state index in [0.29, 0.717) is 0 Å². The second-order valence-electron chi connectivity index (χ2n) is 3.20. The van der Waals surface area contributed by atoms with Gasteiger partial charge in [0.15, 0.2) is 0 Å². The van der Waals surface area contributed by atoms with Gasteiger partial charge in [0.25, 0.3) is 0 Å². The Bertz CT molecular complexity index is 406. The van der Waals surface area contributed by atoms with E-state index in [0.717, 1.165) is 0 Å². The Morgan fingerprint density at radius 1 is 1.47 bits per heavy atom. The molecule has 1 atom stereocenters. The van der Waals surface area contributed by atoms with Crippen molar-refractivity contribution in [2.24, 2.45) is 0 Å². The molecule has 17 heavy (non-hydrogen) atoms. The fraction of sp³-hybridized carbons (Fsp3) is 0.300. The summed E-state index contributed by atoms with van der Waals surface area (Å²) < 4.78 is 41.9. The average Bonchev–Trinajstić information content (AvgIpc) is 2.14. The fourth-order valence-electron chi connectivity index (χ4n) is 1.09. The number of carboxylic acid groups (broad SMARTS) is 1. The zero-order valence-corrected chi connectivity index (χ0v) is 9.13. The van der Waals surface area contributed by atoms with Gasteiger partial charge in [0.2, 0.25) is 6.10 Å². The quantitative estimate of drug-likeness (QED) is 0.912. The summed E-state index contributed by atoms with van der Waals surface area (Å²) in [5.41, 5.74) is 0. The smallest absolute Gasteiger partial charge is 0.425 e. The molecule has 1 rings (SSSR count). The molecule has 1 unspecified atom stereocenters. The molecule has 0 aliphatic carbocycles. The topological polar surface area (TPSA) is 46.5 Å². The summed E-state index contributed by atoms with van der Waals surface area (Å²) in [4.78, 5) is 10.3. The molecule has 0 aromatic heterocycles. The van der Waals surface area contributed by atoms with E-state index in [1.165, 1.54) is 24.3 Å². The van der Waals surface area contributed by atoms with Crippen LogP contribution in [-0.4, -0.2) is 23.4 Å².